The molecule has 3 aromatic rings. The Balaban J connectivity index is 1.64. The van der Waals surface area contributed by atoms with Crippen LogP contribution in [0.15, 0.2) is 84.0 Å². The van der Waals surface area contributed by atoms with Crippen molar-refractivity contribution in [3.63, 3.8) is 0 Å². The zero-order valence-corrected chi connectivity index (χ0v) is 15.8. The van der Waals surface area contributed by atoms with Gasteiger partial charge in [-0.3, -0.25) is 9.29 Å². The number of rotatable bonds is 8. The lowest BCUT2D eigenvalue weighted by Crippen LogP contribution is -2.26. The van der Waals surface area contributed by atoms with Crippen molar-refractivity contribution in [2.45, 2.75) is 4.90 Å². The number of nitrogens with one attached hydrogen (secondary N) is 1. The van der Waals surface area contributed by atoms with Crippen molar-refractivity contribution in [1.29, 1.82) is 0 Å². The molecule has 0 bridgehead atoms. The highest BCUT2D eigenvalue weighted by Crippen LogP contribution is 2.24. The average molecular weight is 383 g/mol. The van der Waals surface area contributed by atoms with E-state index in [-0.39, 0.29) is 4.90 Å². The predicted molar refractivity (Wildman–Crippen MR) is 107 cm³/mol. The Hall–Kier alpha value is -3.06. The minimum Gasteiger partial charge on any atom is -0.492 e. The molecule has 0 atom stereocenters. The molecular formula is C20H21N3O3S. The maximum Gasteiger partial charge on any atom is 0.264 e. The molecule has 3 rings (SSSR count). The van der Waals surface area contributed by atoms with E-state index in [0.29, 0.717) is 24.6 Å². The van der Waals surface area contributed by atoms with Gasteiger partial charge in [0.25, 0.3) is 10.0 Å². The van der Waals surface area contributed by atoms with Gasteiger partial charge in [0.2, 0.25) is 0 Å². The summed E-state index contributed by atoms with van der Waals surface area (Å²) >= 11 is 0. The van der Waals surface area contributed by atoms with Gasteiger partial charge in [0, 0.05) is 37.7 Å². The van der Waals surface area contributed by atoms with Gasteiger partial charge in [-0.15, -0.1) is 0 Å². The van der Waals surface area contributed by atoms with E-state index in [2.05, 4.69) is 10.3 Å². The minimum absolute atomic E-state index is 0.188. The summed E-state index contributed by atoms with van der Waals surface area (Å²) in [6, 6.07) is 19.2. The van der Waals surface area contributed by atoms with Crippen molar-refractivity contribution in [3.05, 3.63) is 79.1 Å². The number of hydrogen-bond donors (Lipinski definition) is 1. The number of aromatic nitrogens is 1. The van der Waals surface area contributed by atoms with Crippen molar-refractivity contribution in [2.75, 3.05) is 29.8 Å². The molecule has 1 N–H and O–H groups in total. The van der Waals surface area contributed by atoms with Gasteiger partial charge in [-0.05, 0) is 36.4 Å². The second-order valence-corrected chi connectivity index (χ2v) is 7.76. The number of para-hydroxylation sites is 1. The number of nitrogens with zero attached hydrogens (tertiary/aromatic N) is 2. The molecule has 0 aliphatic rings. The van der Waals surface area contributed by atoms with Crippen molar-refractivity contribution in [2.24, 2.45) is 0 Å². The number of ether oxygens (including phenoxy) is 1. The fourth-order valence-electron chi connectivity index (χ4n) is 2.49. The van der Waals surface area contributed by atoms with Crippen LogP contribution in [0.5, 0.6) is 5.75 Å². The van der Waals surface area contributed by atoms with Crippen LogP contribution in [0.4, 0.5) is 11.4 Å². The molecule has 0 saturated carbocycles. The standard InChI is InChI=1S/C20H21N3O3S/c1-23(18-6-3-2-4-7-18)27(24,25)20-9-5-8-19(16-20)26-15-14-22-17-10-12-21-13-11-17/h2-13,16H,14-15H2,1H3,(H,21,22). The fourth-order valence-corrected chi connectivity index (χ4v) is 3.72. The average Bonchev–Trinajstić information content (AvgIpc) is 2.72. The van der Waals surface area contributed by atoms with E-state index >= 15 is 0 Å². The zero-order valence-electron chi connectivity index (χ0n) is 14.9. The van der Waals surface area contributed by atoms with Gasteiger partial charge in [0.1, 0.15) is 12.4 Å². The van der Waals surface area contributed by atoms with Gasteiger partial charge >= 0.3 is 0 Å². The maximum atomic E-state index is 12.9. The smallest absolute Gasteiger partial charge is 0.264 e. The molecule has 1 aromatic heterocycles. The van der Waals surface area contributed by atoms with Gasteiger partial charge in [-0.2, -0.15) is 0 Å². The van der Waals surface area contributed by atoms with Crippen molar-refractivity contribution < 1.29 is 13.2 Å². The summed E-state index contributed by atoms with van der Waals surface area (Å²) in [5, 5.41) is 3.21. The van der Waals surface area contributed by atoms with Gasteiger partial charge in [0.05, 0.1) is 10.6 Å². The van der Waals surface area contributed by atoms with Crippen LogP contribution in [-0.2, 0) is 10.0 Å². The third kappa shape index (κ3) is 4.77. The minimum atomic E-state index is -3.66. The molecule has 140 valence electrons. The quantitative estimate of drug-likeness (QED) is 0.604. The first-order chi connectivity index (χ1) is 13.1. The molecule has 27 heavy (non-hydrogen) atoms. The summed E-state index contributed by atoms with van der Waals surface area (Å²) in [6.07, 6.45) is 3.42. The molecule has 0 aliphatic carbocycles. The Bertz CT molecular complexity index is 964. The molecule has 0 fully saturated rings. The van der Waals surface area contributed by atoms with E-state index < -0.39 is 10.0 Å². The zero-order chi connectivity index (χ0) is 19.1. The van der Waals surface area contributed by atoms with E-state index in [1.807, 2.05) is 18.2 Å². The van der Waals surface area contributed by atoms with E-state index in [9.17, 15) is 8.42 Å². The monoisotopic (exact) mass is 383 g/mol. The first-order valence-electron chi connectivity index (χ1n) is 8.48. The van der Waals surface area contributed by atoms with Crippen LogP contribution in [0, 0.1) is 0 Å². The first-order valence-corrected chi connectivity index (χ1v) is 9.92. The van der Waals surface area contributed by atoms with Crippen LogP contribution in [0.25, 0.3) is 0 Å². The molecule has 0 unspecified atom stereocenters. The summed E-state index contributed by atoms with van der Waals surface area (Å²) in [5.74, 6) is 0.508. The Kier molecular flexibility index (Phi) is 5.93. The molecule has 0 saturated heterocycles. The van der Waals surface area contributed by atoms with Crippen LogP contribution < -0.4 is 14.4 Å². The van der Waals surface area contributed by atoms with E-state index in [4.69, 9.17) is 4.74 Å². The molecule has 0 aliphatic heterocycles. The molecule has 2 aromatic carbocycles. The second kappa shape index (κ2) is 8.55. The van der Waals surface area contributed by atoms with Gasteiger partial charge < -0.3 is 10.1 Å². The lowest BCUT2D eigenvalue weighted by molar-refractivity contribution is 0.332. The summed E-state index contributed by atoms with van der Waals surface area (Å²) < 4.78 is 32.7. The highest BCUT2D eigenvalue weighted by atomic mass is 32.2. The van der Waals surface area contributed by atoms with Crippen LogP contribution in [0.1, 0.15) is 0 Å². The van der Waals surface area contributed by atoms with Crippen LogP contribution >= 0.6 is 0 Å². The largest absolute Gasteiger partial charge is 0.492 e. The summed E-state index contributed by atoms with van der Waals surface area (Å²) in [4.78, 5) is 4.15. The van der Waals surface area contributed by atoms with Crippen LogP contribution in [-0.4, -0.2) is 33.6 Å². The molecular weight excluding hydrogens is 362 g/mol. The molecule has 6 nitrogen and oxygen atoms in total. The van der Waals surface area contributed by atoms with Gasteiger partial charge in [-0.25, -0.2) is 8.42 Å². The van der Waals surface area contributed by atoms with Gasteiger partial charge in [-0.1, -0.05) is 24.3 Å². The Morgan fingerprint density at radius 1 is 1.00 bits per heavy atom. The molecule has 1 heterocycles. The normalized spacial score (nSPS) is 11.0. The number of pyridine rings is 1. The second-order valence-electron chi connectivity index (χ2n) is 5.79. The fraction of sp³-hybridized carbons (Fsp3) is 0.150. The summed E-state index contributed by atoms with van der Waals surface area (Å²) in [5.41, 5.74) is 1.56. The van der Waals surface area contributed by atoms with Crippen molar-refractivity contribution in [1.82, 2.24) is 4.98 Å². The number of anilines is 2. The lowest BCUT2D eigenvalue weighted by atomic mass is 10.3. The maximum absolute atomic E-state index is 12.9. The number of hydrogen-bond acceptors (Lipinski definition) is 5. The highest BCUT2D eigenvalue weighted by Gasteiger charge is 2.21. The number of sulfonamides is 1. The first kappa shape index (κ1) is 18.7. The summed E-state index contributed by atoms with van der Waals surface area (Å²) in [7, 11) is -2.12. The molecule has 0 amide bonds. The van der Waals surface area contributed by atoms with Crippen molar-refractivity contribution in [3.8, 4) is 5.75 Å². The number of benzene rings is 2. The topological polar surface area (TPSA) is 71.5 Å². The van der Waals surface area contributed by atoms with Crippen LogP contribution in [0.2, 0.25) is 0 Å². The summed E-state index contributed by atoms with van der Waals surface area (Å²) in [6.45, 7) is 0.991. The van der Waals surface area contributed by atoms with Crippen molar-refractivity contribution >= 4 is 21.4 Å². The third-order valence-corrected chi connectivity index (χ3v) is 5.75. The predicted octanol–water partition coefficient (Wildman–Crippen LogP) is 3.40. The molecule has 0 spiro atoms. The Morgan fingerprint density at radius 3 is 2.48 bits per heavy atom. The lowest BCUT2D eigenvalue weighted by Gasteiger charge is -2.19. The third-order valence-electron chi connectivity index (χ3n) is 3.96. The molecule has 0 radical (unpaired) electrons. The van der Waals surface area contributed by atoms with E-state index in [1.54, 1.807) is 60.9 Å². The van der Waals surface area contributed by atoms with E-state index in [1.165, 1.54) is 11.4 Å². The Morgan fingerprint density at radius 2 is 1.74 bits per heavy atom. The van der Waals surface area contributed by atoms with E-state index in [0.717, 1.165) is 5.69 Å². The SMILES string of the molecule is CN(c1ccccc1)S(=O)(=O)c1cccc(OCCNc2ccncc2)c1. The Labute approximate surface area is 159 Å². The highest BCUT2D eigenvalue weighted by molar-refractivity contribution is 7.92. The van der Waals surface area contributed by atoms with Gasteiger partial charge in [0.15, 0.2) is 0 Å². The molecule has 7 heteroatoms. The van der Waals surface area contributed by atoms with Crippen LogP contribution in [0.3, 0.4) is 0 Å².